The number of hydrogen-bond donors (Lipinski definition) is 0. The fourth-order valence-electron chi connectivity index (χ4n) is 1.85. The van der Waals surface area contributed by atoms with Crippen LogP contribution in [0.2, 0.25) is 0 Å². The standard InChI is InChI=1S/C13H12F4N2O/c14-11-7-10(13(15,16)17)5-4-9(11)8-18-19-6-2-1-3-12(19)20/h4-5,7-8H,1-3,6H2/b18-8+. The Kier molecular flexibility index (Phi) is 4.06. The Morgan fingerprint density at radius 1 is 1.25 bits per heavy atom. The molecule has 0 atom stereocenters. The molecule has 1 aromatic rings. The molecule has 1 heterocycles. The number of carbonyl (C=O) groups is 1. The maximum absolute atomic E-state index is 13.5. The Bertz CT molecular complexity index is 540. The van der Waals surface area contributed by atoms with Crippen molar-refractivity contribution in [2.75, 3.05) is 6.54 Å². The molecule has 1 aliphatic rings. The van der Waals surface area contributed by atoms with Crippen molar-refractivity contribution in [2.45, 2.75) is 25.4 Å². The third-order valence-electron chi connectivity index (χ3n) is 2.96. The zero-order valence-corrected chi connectivity index (χ0v) is 10.5. The molecule has 0 unspecified atom stereocenters. The lowest BCUT2D eigenvalue weighted by atomic mass is 10.1. The average molecular weight is 288 g/mol. The average Bonchev–Trinajstić information content (AvgIpc) is 2.38. The molecule has 0 N–H and O–H groups in total. The minimum atomic E-state index is -4.58. The number of hydrazone groups is 1. The summed E-state index contributed by atoms with van der Waals surface area (Å²) in [6.07, 6.45) is -1.54. The minimum Gasteiger partial charge on any atom is -0.273 e. The van der Waals surface area contributed by atoms with E-state index >= 15 is 0 Å². The van der Waals surface area contributed by atoms with Crippen molar-refractivity contribution in [2.24, 2.45) is 5.10 Å². The van der Waals surface area contributed by atoms with E-state index in [9.17, 15) is 22.4 Å². The minimum absolute atomic E-state index is 0.0867. The second kappa shape index (κ2) is 5.60. The molecule has 0 spiro atoms. The summed E-state index contributed by atoms with van der Waals surface area (Å²) in [4.78, 5) is 11.5. The highest BCUT2D eigenvalue weighted by Crippen LogP contribution is 2.29. The van der Waals surface area contributed by atoms with Crippen LogP contribution >= 0.6 is 0 Å². The van der Waals surface area contributed by atoms with Crippen molar-refractivity contribution in [3.63, 3.8) is 0 Å². The van der Waals surface area contributed by atoms with Gasteiger partial charge in [0.1, 0.15) is 5.82 Å². The number of benzene rings is 1. The fourth-order valence-corrected chi connectivity index (χ4v) is 1.85. The van der Waals surface area contributed by atoms with Gasteiger partial charge >= 0.3 is 6.18 Å². The van der Waals surface area contributed by atoms with Gasteiger partial charge in [-0.05, 0) is 31.0 Å². The molecular formula is C13H12F4N2O. The molecule has 1 aromatic carbocycles. The maximum Gasteiger partial charge on any atom is 0.416 e. The number of alkyl halides is 3. The normalized spacial score (nSPS) is 17.0. The lowest BCUT2D eigenvalue weighted by Crippen LogP contribution is -2.30. The van der Waals surface area contributed by atoms with Gasteiger partial charge in [-0.15, -0.1) is 0 Å². The fraction of sp³-hybridized carbons (Fsp3) is 0.385. The third-order valence-corrected chi connectivity index (χ3v) is 2.96. The second-order valence-electron chi connectivity index (χ2n) is 4.45. The molecule has 1 amide bonds. The van der Waals surface area contributed by atoms with E-state index < -0.39 is 17.6 Å². The van der Waals surface area contributed by atoms with Gasteiger partial charge in [-0.1, -0.05) is 0 Å². The van der Waals surface area contributed by atoms with E-state index in [0.29, 0.717) is 19.0 Å². The van der Waals surface area contributed by atoms with Gasteiger partial charge in [-0.2, -0.15) is 18.3 Å². The van der Waals surface area contributed by atoms with Crippen LogP contribution in [-0.2, 0) is 11.0 Å². The first-order chi connectivity index (χ1) is 9.38. The molecule has 0 aromatic heterocycles. The predicted molar refractivity (Wildman–Crippen MR) is 64.6 cm³/mol. The van der Waals surface area contributed by atoms with E-state index in [2.05, 4.69) is 5.10 Å². The van der Waals surface area contributed by atoms with Gasteiger partial charge in [-0.25, -0.2) is 9.40 Å². The second-order valence-corrected chi connectivity index (χ2v) is 4.45. The van der Waals surface area contributed by atoms with Crippen molar-refractivity contribution in [3.05, 3.63) is 35.1 Å². The van der Waals surface area contributed by atoms with E-state index in [1.165, 1.54) is 5.01 Å². The number of carbonyl (C=O) groups excluding carboxylic acids is 1. The smallest absolute Gasteiger partial charge is 0.273 e. The third kappa shape index (κ3) is 3.34. The van der Waals surface area contributed by atoms with Crippen molar-refractivity contribution < 1.29 is 22.4 Å². The lowest BCUT2D eigenvalue weighted by molar-refractivity contribution is -0.137. The van der Waals surface area contributed by atoms with Gasteiger partial charge in [0, 0.05) is 18.5 Å². The molecule has 0 aliphatic carbocycles. The summed E-state index contributed by atoms with van der Waals surface area (Å²) in [7, 11) is 0. The van der Waals surface area contributed by atoms with E-state index in [1.54, 1.807) is 0 Å². The van der Waals surface area contributed by atoms with Crippen molar-refractivity contribution in [1.29, 1.82) is 0 Å². The molecule has 0 radical (unpaired) electrons. The zero-order chi connectivity index (χ0) is 14.8. The molecule has 3 nitrogen and oxygen atoms in total. The lowest BCUT2D eigenvalue weighted by Gasteiger charge is -2.21. The van der Waals surface area contributed by atoms with Crippen LogP contribution in [0.3, 0.4) is 0 Å². The summed E-state index contributed by atoms with van der Waals surface area (Å²) >= 11 is 0. The number of amides is 1. The first-order valence-electron chi connectivity index (χ1n) is 6.09. The number of hydrogen-bond acceptors (Lipinski definition) is 2. The highest BCUT2D eigenvalue weighted by molar-refractivity contribution is 5.83. The van der Waals surface area contributed by atoms with Crippen LogP contribution in [0.15, 0.2) is 23.3 Å². The summed E-state index contributed by atoms with van der Waals surface area (Å²) in [5.74, 6) is -1.19. The van der Waals surface area contributed by atoms with Crippen molar-refractivity contribution in [3.8, 4) is 0 Å². The molecule has 0 saturated carbocycles. The van der Waals surface area contributed by atoms with E-state index in [4.69, 9.17) is 0 Å². The zero-order valence-electron chi connectivity index (χ0n) is 10.5. The largest absolute Gasteiger partial charge is 0.416 e. The molecule has 1 fully saturated rings. The summed E-state index contributed by atoms with van der Waals surface area (Å²) in [6.45, 7) is 0.442. The first kappa shape index (κ1) is 14.5. The predicted octanol–water partition coefficient (Wildman–Crippen LogP) is 3.19. The molecule has 1 aliphatic heterocycles. The number of rotatable bonds is 2. The molecule has 7 heteroatoms. The quantitative estimate of drug-likeness (QED) is 0.607. The maximum atomic E-state index is 13.5. The van der Waals surface area contributed by atoms with Crippen LogP contribution in [0.5, 0.6) is 0 Å². The summed E-state index contributed by atoms with van der Waals surface area (Å²) in [5, 5.41) is 5.03. The van der Waals surface area contributed by atoms with Crippen molar-refractivity contribution >= 4 is 12.1 Å². The summed E-state index contributed by atoms with van der Waals surface area (Å²) in [6, 6.07) is 2.19. The van der Waals surface area contributed by atoms with Crippen LogP contribution in [0.4, 0.5) is 17.6 Å². The first-order valence-corrected chi connectivity index (χ1v) is 6.09. The SMILES string of the molecule is O=C1CCCCN1/N=C/c1ccc(C(F)(F)F)cc1F. The van der Waals surface area contributed by atoms with E-state index in [1.807, 2.05) is 0 Å². The van der Waals surface area contributed by atoms with Gasteiger partial charge in [0.05, 0.1) is 11.8 Å². The summed E-state index contributed by atoms with van der Waals surface area (Å²) < 4.78 is 50.7. The molecule has 108 valence electrons. The van der Waals surface area contributed by atoms with Crippen LogP contribution in [0.1, 0.15) is 30.4 Å². The molecule has 20 heavy (non-hydrogen) atoms. The number of nitrogens with zero attached hydrogens (tertiary/aromatic N) is 2. The highest BCUT2D eigenvalue weighted by Gasteiger charge is 2.31. The molecular weight excluding hydrogens is 276 g/mol. The Balaban J connectivity index is 2.15. The van der Waals surface area contributed by atoms with Gasteiger partial charge in [0.25, 0.3) is 0 Å². The molecule has 0 bridgehead atoms. The number of halogens is 4. The number of piperidine rings is 1. The van der Waals surface area contributed by atoms with Crippen LogP contribution in [-0.4, -0.2) is 23.7 Å². The highest BCUT2D eigenvalue weighted by atomic mass is 19.4. The van der Waals surface area contributed by atoms with Crippen molar-refractivity contribution in [1.82, 2.24) is 5.01 Å². The van der Waals surface area contributed by atoms with E-state index in [-0.39, 0.29) is 11.5 Å². The van der Waals surface area contributed by atoms with Gasteiger partial charge < -0.3 is 0 Å². The van der Waals surface area contributed by atoms with Gasteiger partial charge in [0.15, 0.2) is 0 Å². The van der Waals surface area contributed by atoms with Gasteiger partial charge in [0.2, 0.25) is 5.91 Å². The van der Waals surface area contributed by atoms with Crippen LogP contribution in [0.25, 0.3) is 0 Å². The van der Waals surface area contributed by atoms with E-state index in [0.717, 1.165) is 31.2 Å². The molecule has 2 rings (SSSR count). The molecule has 1 saturated heterocycles. The Morgan fingerprint density at radius 2 is 2.00 bits per heavy atom. The summed E-state index contributed by atoms with van der Waals surface area (Å²) in [5.41, 5.74) is -1.14. The van der Waals surface area contributed by atoms with Gasteiger partial charge in [-0.3, -0.25) is 4.79 Å². The monoisotopic (exact) mass is 288 g/mol. The van der Waals surface area contributed by atoms with Crippen LogP contribution in [0, 0.1) is 5.82 Å². The Labute approximate surface area is 112 Å². The Hall–Kier alpha value is -1.92. The topological polar surface area (TPSA) is 32.7 Å². The van der Waals surface area contributed by atoms with Crippen LogP contribution < -0.4 is 0 Å². The Morgan fingerprint density at radius 3 is 2.60 bits per heavy atom.